The topological polar surface area (TPSA) is 67.3 Å². The highest BCUT2D eigenvalue weighted by Crippen LogP contribution is 2.14. The van der Waals surface area contributed by atoms with Crippen LogP contribution in [0.15, 0.2) is 30.5 Å². The number of benzene rings is 1. The molecule has 3 rings (SSSR count). The van der Waals surface area contributed by atoms with Gasteiger partial charge in [-0.05, 0) is 19.1 Å². The summed E-state index contributed by atoms with van der Waals surface area (Å²) in [6, 6.07) is 7.72. The summed E-state index contributed by atoms with van der Waals surface area (Å²) in [4.78, 5) is 13.0. The van der Waals surface area contributed by atoms with Gasteiger partial charge < -0.3 is 0 Å². The summed E-state index contributed by atoms with van der Waals surface area (Å²) in [7, 11) is 0. The molecule has 0 aliphatic rings. The van der Waals surface area contributed by atoms with E-state index in [0.29, 0.717) is 11.5 Å². The first-order valence-corrected chi connectivity index (χ1v) is 4.94. The van der Waals surface area contributed by atoms with Gasteiger partial charge >= 0.3 is 0 Å². The molecule has 0 radical (unpaired) electrons. The third-order valence-electron chi connectivity index (χ3n) is 2.27. The Kier molecular flexibility index (Phi) is 1.89. The van der Waals surface area contributed by atoms with E-state index in [9.17, 15) is 0 Å². The monoisotopic (exact) mass is 211 g/mol. The van der Waals surface area contributed by atoms with E-state index < -0.39 is 0 Å². The predicted molar refractivity (Wildman–Crippen MR) is 59.7 cm³/mol. The van der Waals surface area contributed by atoms with Gasteiger partial charge in [-0.15, -0.1) is 0 Å². The third kappa shape index (κ3) is 1.42. The minimum Gasteiger partial charge on any atom is -0.263 e. The van der Waals surface area contributed by atoms with Crippen LogP contribution in [0.4, 0.5) is 0 Å². The minimum atomic E-state index is 0.579. The lowest BCUT2D eigenvalue weighted by Gasteiger charge is -1.97. The van der Waals surface area contributed by atoms with Gasteiger partial charge in [0.15, 0.2) is 0 Å². The molecule has 0 saturated carbocycles. The lowest BCUT2D eigenvalue weighted by atomic mass is 10.3. The van der Waals surface area contributed by atoms with Crippen molar-refractivity contribution < 1.29 is 0 Å². The van der Waals surface area contributed by atoms with E-state index in [0.717, 1.165) is 16.9 Å². The molecule has 1 N–H and O–H groups in total. The Labute approximate surface area is 91.6 Å². The van der Waals surface area contributed by atoms with Crippen LogP contribution in [0.25, 0.3) is 22.6 Å². The fourth-order valence-electron chi connectivity index (χ4n) is 1.52. The number of hydrogen-bond donors (Lipinski definition) is 1. The molecule has 0 bridgehead atoms. The van der Waals surface area contributed by atoms with Crippen molar-refractivity contribution in [3.05, 3.63) is 36.3 Å². The molecule has 0 saturated heterocycles. The third-order valence-corrected chi connectivity index (χ3v) is 2.27. The number of nitrogens with one attached hydrogen (secondary N) is 1. The molecule has 2 heterocycles. The summed E-state index contributed by atoms with van der Waals surface area (Å²) < 4.78 is 0. The van der Waals surface area contributed by atoms with Crippen LogP contribution in [-0.4, -0.2) is 25.1 Å². The second kappa shape index (κ2) is 3.37. The fourth-order valence-corrected chi connectivity index (χ4v) is 1.52. The van der Waals surface area contributed by atoms with Crippen molar-refractivity contribution in [3.63, 3.8) is 0 Å². The summed E-state index contributed by atoms with van der Waals surface area (Å²) in [5, 5.41) is 6.84. The summed E-state index contributed by atoms with van der Waals surface area (Å²) in [5.41, 5.74) is 2.41. The number of hydrogen-bond acceptors (Lipinski definition) is 4. The molecule has 78 valence electrons. The Bertz CT molecular complexity index is 643. The molecular weight excluding hydrogens is 202 g/mol. The van der Waals surface area contributed by atoms with Crippen LogP contribution in [0.5, 0.6) is 0 Å². The van der Waals surface area contributed by atoms with E-state index >= 15 is 0 Å². The van der Waals surface area contributed by atoms with Crippen LogP contribution in [-0.2, 0) is 0 Å². The second-order valence-electron chi connectivity index (χ2n) is 3.49. The van der Waals surface area contributed by atoms with Crippen LogP contribution >= 0.6 is 0 Å². The Morgan fingerprint density at radius 2 is 1.88 bits per heavy atom. The van der Waals surface area contributed by atoms with E-state index in [-0.39, 0.29) is 0 Å². The lowest BCUT2D eigenvalue weighted by molar-refractivity contribution is 1.04. The quantitative estimate of drug-likeness (QED) is 0.665. The molecular formula is C11H9N5. The Morgan fingerprint density at radius 3 is 2.62 bits per heavy atom. The minimum absolute atomic E-state index is 0.579. The van der Waals surface area contributed by atoms with Crippen molar-refractivity contribution in [2.45, 2.75) is 6.92 Å². The average Bonchev–Trinajstić information content (AvgIpc) is 2.75. The second-order valence-corrected chi connectivity index (χ2v) is 3.49. The van der Waals surface area contributed by atoms with Gasteiger partial charge in [0.25, 0.3) is 0 Å². The smallest absolute Gasteiger partial charge is 0.201 e. The van der Waals surface area contributed by atoms with Crippen molar-refractivity contribution in [1.82, 2.24) is 25.1 Å². The molecule has 5 heteroatoms. The van der Waals surface area contributed by atoms with Gasteiger partial charge in [0, 0.05) is 0 Å². The first-order chi connectivity index (χ1) is 7.83. The van der Waals surface area contributed by atoms with Gasteiger partial charge in [0.1, 0.15) is 11.5 Å². The first kappa shape index (κ1) is 8.96. The zero-order chi connectivity index (χ0) is 11.0. The van der Waals surface area contributed by atoms with Gasteiger partial charge in [0.2, 0.25) is 5.82 Å². The van der Waals surface area contributed by atoms with Crippen molar-refractivity contribution >= 4 is 11.0 Å². The molecule has 0 amide bonds. The highest BCUT2D eigenvalue weighted by atomic mass is 15.2. The number of H-pyrrole nitrogens is 1. The maximum atomic E-state index is 4.45. The standard InChI is InChI=1S/C11H9N5/c1-7-13-11(16-15-7)10-6-12-8-4-2-3-5-9(8)14-10/h2-6H,1H3,(H,13,15,16). The van der Waals surface area contributed by atoms with Gasteiger partial charge in [-0.3, -0.25) is 10.1 Å². The van der Waals surface area contributed by atoms with E-state index in [2.05, 4.69) is 25.1 Å². The molecule has 0 unspecified atom stereocenters. The number of fused-ring (bicyclic) bond motifs is 1. The summed E-state index contributed by atoms with van der Waals surface area (Å²) in [6.45, 7) is 1.85. The van der Waals surface area contributed by atoms with Crippen LogP contribution < -0.4 is 0 Å². The largest absolute Gasteiger partial charge is 0.263 e. The number of rotatable bonds is 1. The molecule has 0 aliphatic carbocycles. The number of aromatic nitrogens is 5. The molecule has 3 aromatic rings. The summed E-state index contributed by atoms with van der Waals surface area (Å²) in [5.74, 6) is 1.35. The van der Waals surface area contributed by atoms with Crippen LogP contribution in [0.1, 0.15) is 5.82 Å². The van der Waals surface area contributed by atoms with E-state index in [1.165, 1.54) is 0 Å². The van der Waals surface area contributed by atoms with Crippen LogP contribution in [0.2, 0.25) is 0 Å². The zero-order valence-electron chi connectivity index (χ0n) is 8.68. The molecule has 16 heavy (non-hydrogen) atoms. The molecule has 0 fully saturated rings. The van der Waals surface area contributed by atoms with Crippen molar-refractivity contribution in [3.8, 4) is 11.5 Å². The first-order valence-electron chi connectivity index (χ1n) is 4.94. The fraction of sp³-hybridized carbons (Fsp3) is 0.0909. The van der Waals surface area contributed by atoms with Gasteiger partial charge in [-0.1, -0.05) is 12.1 Å². The van der Waals surface area contributed by atoms with Crippen molar-refractivity contribution in [1.29, 1.82) is 0 Å². The Morgan fingerprint density at radius 1 is 1.06 bits per heavy atom. The molecule has 0 spiro atoms. The number of aryl methyl sites for hydroxylation is 1. The normalized spacial score (nSPS) is 10.8. The molecule has 1 aromatic carbocycles. The summed E-state index contributed by atoms with van der Waals surface area (Å²) >= 11 is 0. The Hall–Kier alpha value is -2.30. The SMILES string of the molecule is Cc1nc(-c2cnc3ccccc3n2)n[nH]1. The molecule has 0 aliphatic heterocycles. The maximum absolute atomic E-state index is 4.45. The maximum Gasteiger partial charge on any atom is 0.201 e. The van der Waals surface area contributed by atoms with E-state index in [1.54, 1.807) is 6.20 Å². The number of para-hydroxylation sites is 2. The molecule has 0 atom stereocenters. The van der Waals surface area contributed by atoms with Crippen LogP contribution in [0, 0.1) is 6.92 Å². The van der Waals surface area contributed by atoms with Gasteiger partial charge in [-0.2, -0.15) is 5.10 Å². The highest BCUT2D eigenvalue weighted by Gasteiger charge is 2.06. The van der Waals surface area contributed by atoms with Gasteiger partial charge in [-0.25, -0.2) is 9.97 Å². The van der Waals surface area contributed by atoms with Crippen molar-refractivity contribution in [2.24, 2.45) is 0 Å². The highest BCUT2D eigenvalue weighted by molar-refractivity contribution is 5.75. The van der Waals surface area contributed by atoms with Gasteiger partial charge in [0.05, 0.1) is 17.2 Å². The van der Waals surface area contributed by atoms with Crippen molar-refractivity contribution in [2.75, 3.05) is 0 Å². The number of nitrogens with zero attached hydrogens (tertiary/aromatic N) is 4. The average molecular weight is 211 g/mol. The van der Waals surface area contributed by atoms with Crippen LogP contribution in [0.3, 0.4) is 0 Å². The number of aromatic amines is 1. The Balaban J connectivity index is 2.18. The summed E-state index contributed by atoms with van der Waals surface area (Å²) in [6.07, 6.45) is 1.69. The zero-order valence-corrected chi connectivity index (χ0v) is 8.68. The lowest BCUT2D eigenvalue weighted by Crippen LogP contribution is -1.89. The molecule has 5 nitrogen and oxygen atoms in total. The van der Waals surface area contributed by atoms with E-state index in [4.69, 9.17) is 0 Å². The van der Waals surface area contributed by atoms with E-state index in [1.807, 2.05) is 31.2 Å². The predicted octanol–water partition coefficient (Wildman–Crippen LogP) is 1.72. The molecule has 2 aromatic heterocycles.